The van der Waals surface area contributed by atoms with E-state index in [1.165, 1.54) is 0 Å². The summed E-state index contributed by atoms with van der Waals surface area (Å²) < 4.78 is 3.75. The van der Waals surface area contributed by atoms with Gasteiger partial charge in [-0.15, -0.1) is 0 Å². The highest BCUT2D eigenvalue weighted by Gasteiger charge is 2.16. The number of aliphatic hydroxyl groups is 1. The summed E-state index contributed by atoms with van der Waals surface area (Å²) in [6.45, 7) is 7.79. The van der Waals surface area contributed by atoms with Crippen LogP contribution >= 0.6 is 0 Å². The van der Waals surface area contributed by atoms with Crippen LogP contribution in [0.4, 0.5) is 0 Å². The van der Waals surface area contributed by atoms with Crippen LogP contribution in [0.25, 0.3) is 0 Å². The maximum absolute atomic E-state index is 10.4. The molecule has 0 aliphatic rings. The van der Waals surface area contributed by atoms with Crippen LogP contribution in [0.5, 0.6) is 0 Å². The largest absolute Gasteiger partial charge is 0.386 e. The van der Waals surface area contributed by atoms with Crippen molar-refractivity contribution in [2.45, 2.75) is 52.8 Å². The Morgan fingerprint density at radius 2 is 2.05 bits per heavy atom. The van der Waals surface area contributed by atoms with E-state index in [0.29, 0.717) is 6.42 Å². The first kappa shape index (κ1) is 13.8. The molecule has 0 bridgehead atoms. The Balaban J connectivity index is 2.14. The first-order chi connectivity index (χ1) is 9.17. The SMILES string of the molecule is CCc1cc(C(O)Cc2cnn(CC)c2)n(CC)n1. The van der Waals surface area contributed by atoms with Gasteiger partial charge in [-0.1, -0.05) is 6.92 Å². The van der Waals surface area contributed by atoms with Crippen LogP contribution in [0.1, 0.15) is 43.8 Å². The molecular weight excluding hydrogens is 240 g/mol. The van der Waals surface area contributed by atoms with Gasteiger partial charge in [0.05, 0.1) is 23.7 Å². The second kappa shape index (κ2) is 6.02. The monoisotopic (exact) mass is 262 g/mol. The molecule has 104 valence electrons. The summed E-state index contributed by atoms with van der Waals surface area (Å²) in [6, 6.07) is 2.00. The molecule has 2 aromatic rings. The van der Waals surface area contributed by atoms with Crippen molar-refractivity contribution in [1.82, 2.24) is 19.6 Å². The molecule has 0 saturated carbocycles. The third-order valence-electron chi connectivity index (χ3n) is 3.30. The van der Waals surface area contributed by atoms with Crippen LogP contribution in [0, 0.1) is 0 Å². The number of nitrogens with zero attached hydrogens (tertiary/aromatic N) is 4. The summed E-state index contributed by atoms with van der Waals surface area (Å²) in [7, 11) is 0. The summed E-state index contributed by atoms with van der Waals surface area (Å²) in [5, 5.41) is 19.1. The van der Waals surface area contributed by atoms with Crippen molar-refractivity contribution in [3.63, 3.8) is 0 Å². The fraction of sp³-hybridized carbons (Fsp3) is 0.571. The third-order valence-corrected chi connectivity index (χ3v) is 3.30. The van der Waals surface area contributed by atoms with Crippen molar-refractivity contribution in [1.29, 1.82) is 0 Å². The van der Waals surface area contributed by atoms with E-state index in [4.69, 9.17) is 0 Å². The molecule has 0 fully saturated rings. The molecule has 19 heavy (non-hydrogen) atoms. The van der Waals surface area contributed by atoms with Gasteiger partial charge in [0.2, 0.25) is 0 Å². The molecule has 0 spiro atoms. The Morgan fingerprint density at radius 3 is 2.63 bits per heavy atom. The minimum Gasteiger partial charge on any atom is -0.386 e. The van der Waals surface area contributed by atoms with Gasteiger partial charge in [-0.25, -0.2) is 0 Å². The highest BCUT2D eigenvalue weighted by Crippen LogP contribution is 2.19. The number of aliphatic hydroxyl groups excluding tert-OH is 1. The first-order valence-corrected chi connectivity index (χ1v) is 6.93. The second-order valence-electron chi connectivity index (χ2n) is 4.65. The molecular formula is C14H22N4O. The van der Waals surface area contributed by atoms with Gasteiger partial charge in [0.1, 0.15) is 0 Å². The fourth-order valence-corrected chi connectivity index (χ4v) is 2.19. The minimum absolute atomic E-state index is 0.526. The maximum atomic E-state index is 10.4. The molecule has 0 aliphatic carbocycles. The van der Waals surface area contributed by atoms with Gasteiger partial charge < -0.3 is 5.11 Å². The molecule has 2 rings (SSSR count). The van der Waals surface area contributed by atoms with Crippen molar-refractivity contribution < 1.29 is 5.11 Å². The van der Waals surface area contributed by atoms with Crippen LogP contribution < -0.4 is 0 Å². The van der Waals surface area contributed by atoms with E-state index >= 15 is 0 Å². The summed E-state index contributed by atoms with van der Waals surface area (Å²) in [5.74, 6) is 0. The Hall–Kier alpha value is -1.62. The number of aryl methyl sites for hydroxylation is 3. The highest BCUT2D eigenvalue weighted by molar-refractivity contribution is 5.16. The summed E-state index contributed by atoms with van der Waals surface area (Å²) in [6.07, 6.45) is 4.74. The average Bonchev–Trinajstić information content (AvgIpc) is 3.04. The van der Waals surface area contributed by atoms with Gasteiger partial charge in [-0.05, 0) is 31.9 Å². The summed E-state index contributed by atoms with van der Waals surface area (Å²) in [5.41, 5.74) is 2.97. The Kier molecular flexibility index (Phi) is 4.37. The van der Waals surface area contributed by atoms with Gasteiger partial charge in [-0.2, -0.15) is 10.2 Å². The lowest BCUT2D eigenvalue weighted by atomic mass is 10.1. The molecule has 0 saturated heterocycles. The molecule has 1 N–H and O–H groups in total. The van der Waals surface area contributed by atoms with Gasteiger partial charge >= 0.3 is 0 Å². The van der Waals surface area contributed by atoms with Crippen molar-refractivity contribution in [3.05, 3.63) is 35.4 Å². The number of aromatic nitrogens is 4. The van der Waals surface area contributed by atoms with Crippen molar-refractivity contribution >= 4 is 0 Å². The van der Waals surface area contributed by atoms with E-state index in [0.717, 1.165) is 36.5 Å². The van der Waals surface area contributed by atoms with Crippen LogP contribution in [0.3, 0.4) is 0 Å². The Morgan fingerprint density at radius 1 is 1.26 bits per heavy atom. The van der Waals surface area contributed by atoms with Crippen LogP contribution in [0.2, 0.25) is 0 Å². The van der Waals surface area contributed by atoms with Gasteiger partial charge in [0.15, 0.2) is 0 Å². The van der Waals surface area contributed by atoms with E-state index in [1.54, 1.807) is 0 Å². The van der Waals surface area contributed by atoms with Crippen molar-refractivity contribution in [3.8, 4) is 0 Å². The van der Waals surface area contributed by atoms with Crippen LogP contribution in [0.15, 0.2) is 18.5 Å². The number of rotatable bonds is 6. The molecule has 0 radical (unpaired) electrons. The zero-order chi connectivity index (χ0) is 13.8. The molecule has 2 aromatic heterocycles. The topological polar surface area (TPSA) is 55.9 Å². The molecule has 5 heteroatoms. The molecule has 0 aliphatic heterocycles. The lowest BCUT2D eigenvalue weighted by molar-refractivity contribution is 0.167. The van der Waals surface area contributed by atoms with E-state index in [2.05, 4.69) is 17.1 Å². The van der Waals surface area contributed by atoms with E-state index in [1.807, 2.05) is 41.7 Å². The van der Waals surface area contributed by atoms with E-state index < -0.39 is 6.10 Å². The fourth-order valence-electron chi connectivity index (χ4n) is 2.19. The Bertz CT molecular complexity index is 529. The lowest BCUT2D eigenvalue weighted by Crippen LogP contribution is -2.10. The van der Waals surface area contributed by atoms with Crippen molar-refractivity contribution in [2.75, 3.05) is 0 Å². The van der Waals surface area contributed by atoms with Gasteiger partial charge in [0.25, 0.3) is 0 Å². The van der Waals surface area contributed by atoms with Gasteiger partial charge in [0, 0.05) is 25.7 Å². The second-order valence-corrected chi connectivity index (χ2v) is 4.65. The number of hydrogen-bond acceptors (Lipinski definition) is 3. The van der Waals surface area contributed by atoms with E-state index in [-0.39, 0.29) is 0 Å². The lowest BCUT2D eigenvalue weighted by Gasteiger charge is -2.11. The predicted octanol–water partition coefficient (Wildman–Crippen LogP) is 1.96. The Labute approximate surface area is 113 Å². The van der Waals surface area contributed by atoms with Crippen molar-refractivity contribution in [2.24, 2.45) is 0 Å². The molecule has 1 atom stereocenters. The smallest absolute Gasteiger partial charge is 0.0998 e. The molecule has 0 amide bonds. The average molecular weight is 262 g/mol. The first-order valence-electron chi connectivity index (χ1n) is 6.93. The standard InChI is InChI=1S/C14H22N4O/c1-4-12-8-13(18(6-3)16-12)14(19)7-11-9-15-17(5-2)10-11/h8-10,14,19H,4-7H2,1-3H3. The summed E-state index contributed by atoms with van der Waals surface area (Å²) >= 11 is 0. The highest BCUT2D eigenvalue weighted by atomic mass is 16.3. The molecule has 2 heterocycles. The van der Waals surface area contributed by atoms with Crippen LogP contribution in [-0.4, -0.2) is 24.7 Å². The van der Waals surface area contributed by atoms with Gasteiger partial charge in [-0.3, -0.25) is 9.36 Å². The quantitative estimate of drug-likeness (QED) is 0.865. The maximum Gasteiger partial charge on any atom is 0.0998 e. The molecule has 0 aromatic carbocycles. The molecule has 1 unspecified atom stereocenters. The van der Waals surface area contributed by atoms with E-state index in [9.17, 15) is 5.11 Å². The molecule has 5 nitrogen and oxygen atoms in total. The minimum atomic E-state index is -0.526. The summed E-state index contributed by atoms with van der Waals surface area (Å²) in [4.78, 5) is 0. The number of hydrogen-bond donors (Lipinski definition) is 1. The zero-order valence-corrected chi connectivity index (χ0v) is 11.9. The zero-order valence-electron chi connectivity index (χ0n) is 11.9. The predicted molar refractivity (Wildman–Crippen MR) is 73.8 cm³/mol. The third kappa shape index (κ3) is 3.04. The normalized spacial score (nSPS) is 12.8. The van der Waals surface area contributed by atoms with Crippen LogP contribution in [-0.2, 0) is 25.9 Å².